The molecule has 1 unspecified atom stereocenters. The largest absolute Gasteiger partial charge is 0.497 e. The molecule has 1 amide bonds. The third-order valence-corrected chi connectivity index (χ3v) is 5.18. The molecule has 0 spiro atoms. The van der Waals surface area contributed by atoms with E-state index in [1.165, 1.54) is 5.56 Å². The number of aryl methyl sites for hydroxylation is 2. The first-order valence-corrected chi connectivity index (χ1v) is 9.74. The van der Waals surface area contributed by atoms with Crippen molar-refractivity contribution >= 4 is 16.8 Å². The number of benzene rings is 2. The molecule has 2 heterocycles. The number of rotatable bonds is 6. The van der Waals surface area contributed by atoms with Crippen molar-refractivity contribution < 1.29 is 9.53 Å². The third-order valence-electron chi connectivity index (χ3n) is 5.18. The predicted molar refractivity (Wildman–Crippen MR) is 114 cm³/mol. The van der Waals surface area contributed by atoms with Crippen molar-refractivity contribution in [3.63, 3.8) is 0 Å². The van der Waals surface area contributed by atoms with Gasteiger partial charge in [-0.25, -0.2) is 0 Å². The van der Waals surface area contributed by atoms with Gasteiger partial charge in [0, 0.05) is 35.8 Å². The van der Waals surface area contributed by atoms with Crippen LogP contribution in [0.4, 0.5) is 0 Å². The molecule has 0 aliphatic carbocycles. The fourth-order valence-electron chi connectivity index (χ4n) is 3.65. The van der Waals surface area contributed by atoms with Crippen molar-refractivity contribution in [2.45, 2.75) is 26.3 Å². The number of nitrogens with zero attached hydrogens (tertiary/aromatic N) is 5. The van der Waals surface area contributed by atoms with E-state index in [2.05, 4.69) is 37.7 Å². The Morgan fingerprint density at radius 3 is 2.63 bits per heavy atom. The van der Waals surface area contributed by atoms with E-state index in [4.69, 9.17) is 4.74 Å². The Labute approximate surface area is 174 Å². The Morgan fingerprint density at radius 1 is 1.20 bits per heavy atom. The third kappa shape index (κ3) is 3.76. The van der Waals surface area contributed by atoms with Gasteiger partial charge in [-0.3, -0.25) is 4.79 Å². The van der Waals surface area contributed by atoms with E-state index in [0.717, 1.165) is 28.8 Å². The second-order valence-corrected chi connectivity index (χ2v) is 7.41. The van der Waals surface area contributed by atoms with Crippen molar-refractivity contribution in [2.75, 3.05) is 7.11 Å². The number of hydrogen-bond acceptors (Lipinski definition) is 5. The van der Waals surface area contributed by atoms with Gasteiger partial charge in [-0.05, 0) is 78.7 Å². The summed E-state index contributed by atoms with van der Waals surface area (Å²) in [4.78, 5) is 12.7. The summed E-state index contributed by atoms with van der Waals surface area (Å²) in [5.41, 5.74) is 3.71. The van der Waals surface area contributed by atoms with E-state index in [-0.39, 0.29) is 11.9 Å². The van der Waals surface area contributed by atoms with Gasteiger partial charge in [0.2, 0.25) is 0 Å². The molecule has 2 aromatic heterocycles. The summed E-state index contributed by atoms with van der Waals surface area (Å²) < 4.78 is 9.08. The molecule has 0 saturated carbocycles. The summed E-state index contributed by atoms with van der Waals surface area (Å²) >= 11 is 0. The fourth-order valence-corrected chi connectivity index (χ4v) is 3.65. The molecule has 4 aromatic rings. The number of ether oxygens (including phenoxy) is 1. The molecule has 0 bridgehead atoms. The molecule has 0 aliphatic heterocycles. The van der Waals surface area contributed by atoms with Crippen LogP contribution < -0.4 is 10.1 Å². The number of methoxy groups -OCH3 is 1. The predicted octanol–water partition coefficient (Wildman–Crippen LogP) is 2.83. The van der Waals surface area contributed by atoms with Crippen LogP contribution in [0.5, 0.6) is 5.75 Å². The number of carbonyl (C=O) groups excluding carboxylic acids is 1. The lowest BCUT2D eigenvalue weighted by atomic mass is 10.1. The van der Waals surface area contributed by atoms with E-state index in [1.54, 1.807) is 23.9 Å². The highest BCUT2D eigenvalue weighted by Gasteiger charge is 2.15. The van der Waals surface area contributed by atoms with Crippen LogP contribution in [0.15, 0.2) is 48.7 Å². The maximum absolute atomic E-state index is 12.7. The zero-order valence-electron chi connectivity index (χ0n) is 17.5. The van der Waals surface area contributed by atoms with Gasteiger partial charge in [0.05, 0.1) is 12.8 Å². The molecule has 1 atom stereocenters. The molecule has 8 nitrogen and oxygen atoms in total. The molecule has 154 valence electrons. The first kappa shape index (κ1) is 19.6. The second kappa shape index (κ2) is 7.98. The molecular formula is C22H24N6O2. The molecule has 0 saturated heterocycles. The summed E-state index contributed by atoms with van der Waals surface area (Å²) in [5.74, 6) is 1.40. The lowest BCUT2D eigenvalue weighted by molar-refractivity contribution is 0.0940. The standard InChI is InChI=1S/C22H24N6O2/c1-14(11-17-13-27(3)21-10-9-19(30-4)12-20(17)21)23-22(29)16-5-7-18(8-6-16)28-15(2)24-25-26-28/h5-10,12-14H,11H2,1-4H3,(H,23,29). The second-order valence-electron chi connectivity index (χ2n) is 7.41. The molecule has 30 heavy (non-hydrogen) atoms. The van der Waals surface area contributed by atoms with Crippen LogP contribution in [-0.4, -0.2) is 43.8 Å². The van der Waals surface area contributed by atoms with E-state index >= 15 is 0 Å². The van der Waals surface area contributed by atoms with Crippen molar-refractivity contribution in [1.29, 1.82) is 0 Å². The zero-order valence-corrected chi connectivity index (χ0v) is 17.5. The molecule has 4 rings (SSSR count). The molecule has 0 fully saturated rings. The Hall–Kier alpha value is -3.68. The maximum Gasteiger partial charge on any atom is 0.251 e. The highest BCUT2D eigenvalue weighted by atomic mass is 16.5. The average Bonchev–Trinajstić information content (AvgIpc) is 3.30. The van der Waals surface area contributed by atoms with Crippen LogP contribution in [0.1, 0.15) is 28.7 Å². The number of nitrogens with one attached hydrogen (secondary N) is 1. The average molecular weight is 404 g/mol. The minimum absolute atomic E-state index is 0.0317. The highest BCUT2D eigenvalue weighted by molar-refractivity contribution is 5.94. The van der Waals surface area contributed by atoms with Gasteiger partial charge in [-0.2, -0.15) is 4.68 Å². The van der Waals surface area contributed by atoms with Crippen LogP contribution in [0.25, 0.3) is 16.6 Å². The van der Waals surface area contributed by atoms with E-state index in [0.29, 0.717) is 11.4 Å². The van der Waals surface area contributed by atoms with Crippen molar-refractivity contribution in [2.24, 2.45) is 7.05 Å². The summed E-state index contributed by atoms with van der Waals surface area (Å²) in [6.45, 7) is 3.83. The molecule has 8 heteroatoms. The van der Waals surface area contributed by atoms with Gasteiger partial charge in [-0.15, -0.1) is 5.10 Å². The lowest BCUT2D eigenvalue weighted by Gasteiger charge is -2.14. The highest BCUT2D eigenvalue weighted by Crippen LogP contribution is 2.26. The SMILES string of the molecule is COc1ccc2c(c1)c(CC(C)NC(=O)c1ccc(-n3nnnc3C)cc1)cn2C. The van der Waals surface area contributed by atoms with E-state index < -0.39 is 0 Å². The fraction of sp³-hybridized carbons (Fsp3) is 0.273. The van der Waals surface area contributed by atoms with Crippen molar-refractivity contribution in [3.8, 4) is 11.4 Å². The summed E-state index contributed by atoms with van der Waals surface area (Å²) in [5, 5.41) is 15.7. The van der Waals surface area contributed by atoms with E-state index in [1.807, 2.05) is 45.2 Å². The summed E-state index contributed by atoms with van der Waals surface area (Å²) in [6.07, 6.45) is 2.83. The smallest absolute Gasteiger partial charge is 0.251 e. The van der Waals surface area contributed by atoms with Crippen LogP contribution >= 0.6 is 0 Å². The lowest BCUT2D eigenvalue weighted by Crippen LogP contribution is -2.34. The summed E-state index contributed by atoms with van der Waals surface area (Å²) in [7, 11) is 3.69. The topological polar surface area (TPSA) is 86.9 Å². The van der Waals surface area contributed by atoms with Gasteiger partial charge in [0.1, 0.15) is 5.75 Å². The minimum atomic E-state index is -0.111. The molecule has 1 N–H and O–H groups in total. The van der Waals surface area contributed by atoms with Gasteiger partial charge in [0.15, 0.2) is 5.82 Å². The van der Waals surface area contributed by atoms with E-state index in [9.17, 15) is 4.79 Å². The van der Waals surface area contributed by atoms with Crippen LogP contribution in [0, 0.1) is 6.92 Å². The van der Waals surface area contributed by atoms with Crippen LogP contribution in [-0.2, 0) is 13.5 Å². The quantitative estimate of drug-likeness (QED) is 0.534. The van der Waals surface area contributed by atoms with Crippen molar-refractivity contribution in [1.82, 2.24) is 30.1 Å². The first-order chi connectivity index (χ1) is 14.5. The van der Waals surface area contributed by atoms with Gasteiger partial charge >= 0.3 is 0 Å². The number of hydrogen-bond donors (Lipinski definition) is 1. The maximum atomic E-state index is 12.7. The molecule has 0 radical (unpaired) electrons. The number of aromatic nitrogens is 5. The van der Waals surface area contributed by atoms with Gasteiger partial charge < -0.3 is 14.6 Å². The molecule has 0 aliphatic rings. The molecular weight excluding hydrogens is 380 g/mol. The Balaban J connectivity index is 1.46. The number of tetrazole rings is 1. The van der Waals surface area contributed by atoms with Gasteiger partial charge in [0.25, 0.3) is 5.91 Å². The zero-order chi connectivity index (χ0) is 21.3. The first-order valence-electron chi connectivity index (χ1n) is 9.74. The van der Waals surface area contributed by atoms with Crippen LogP contribution in [0.2, 0.25) is 0 Å². The van der Waals surface area contributed by atoms with Gasteiger partial charge in [-0.1, -0.05) is 0 Å². The minimum Gasteiger partial charge on any atom is -0.497 e. The Morgan fingerprint density at radius 2 is 1.97 bits per heavy atom. The Bertz CT molecular complexity index is 1190. The number of carbonyl (C=O) groups is 1. The number of amides is 1. The Kier molecular flexibility index (Phi) is 5.22. The number of fused-ring (bicyclic) bond motifs is 1. The molecule has 2 aromatic carbocycles. The summed E-state index contributed by atoms with van der Waals surface area (Å²) in [6, 6.07) is 13.2. The monoisotopic (exact) mass is 404 g/mol. The van der Waals surface area contributed by atoms with Crippen molar-refractivity contribution in [3.05, 3.63) is 65.6 Å². The normalized spacial score (nSPS) is 12.1. The van der Waals surface area contributed by atoms with Crippen LogP contribution in [0.3, 0.4) is 0 Å².